The van der Waals surface area contributed by atoms with E-state index in [0.29, 0.717) is 11.8 Å². The van der Waals surface area contributed by atoms with Crippen LogP contribution in [0.4, 0.5) is 5.82 Å². The van der Waals surface area contributed by atoms with E-state index in [9.17, 15) is 0 Å². The molecule has 0 bridgehead atoms. The monoisotopic (exact) mass is 248 g/mol. The van der Waals surface area contributed by atoms with E-state index in [1.54, 1.807) is 0 Å². The summed E-state index contributed by atoms with van der Waals surface area (Å²) in [4.78, 5) is 2.46. The smallest absolute Gasteiger partial charge is 0.154 e. The van der Waals surface area contributed by atoms with Crippen LogP contribution < -0.4 is 10.2 Å². The quantitative estimate of drug-likeness (QED) is 0.801. The predicted molar refractivity (Wildman–Crippen MR) is 74.4 cm³/mol. The Hall–Kier alpha value is -1.03. The van der Waals surface area contributed by atoms with Crippen LogP contribution in [-0.2, 0) is 0 Å². The van der Waals surface area contributed by atoms with Crippen molar-refractivity contribution < 1.29 is 0 Å². The van der Waals surface area contributed by atoms with E-state index in [1.165, 1.54) is 36.3 Å². The number of aromatic amines is 1. The van der Waals surface area contributed by atoms with E-state index < -0.39 is 0 Å². The highest BCUT2D eigenvalue weighted by atomic mass is 15.3. The molecule has 1 aliphatic carbocycles. The van der Waals surface area contributed by atoms with Crippen molar-refractivity contribution in [2.45, 2.75) is 44.9 Å². The second-order valence-electron chi connectivity index (χ2n) is 5.84. The molecule has 1 aromatic heterocycles. The number of H-pyrrole nitrogens is 1. The topological polar surface area (TPSA) is 44.0 Å². The molecule has 2 N–H and O–H groups in total. The molecule has 100 valence electrons. The molecule has 2 unspecified atom stereocenters. The van der Waals surface area contributed by atoms with Gasteiger partial charge >= 0.3 is 0 Å². The van der Waals surface area contributed by atoms with Gasteiger partial charge in [0.2, 0.25) is 0 Å². The Morgan fingerprint density at radius 1 is 1.11 bits per heavy atom. The van der Waals surface area contributed by atoms with E-state index in [-0.39, 0.29) is 0 Å². The lowest BCUT2D eigenvalue weighted by Crippen LogP contribution is -2.29. The lowest BCUT2D eigenvalue weighted by molar-refractivity contribution is 0.519. The number of rotatable bonds is 1. The lowest BCUT2D eigenvalue weighted by Gasteiger charge is -2.27. The summed E-state index contributed by atoms with van der Waals surface area (Å²) in [6.45, 7) is 9.08. The zero-order valence-electron chi connectivity index (χ0n) is 11.5. The molecule has 18 heavy (non-hydrogen) atoms. The molecular formula is C14H24N4. The maximum absolute atomic E-state index is 4.64. The number of nitrogens with one attached hydrogen (secondary N) is 2. The fourth-order valence-electron chi connectivity index (χ4n) is 3.30. The predicted octanol–water partition coefficient (Wildman–Crippen LogP) is 2.21. The summed E-state index contributed by atoms with van der Waals surface area (Å²) >= 11 is 0. The number of nitrogens with zero attached hydrogens (tertiary/aromatic N) is 2. The molecular weight excluding hydrogens is 224 g/mol. The number of hydrogen-bond acceptors (Lipinski definition) is 3. The molecule has 4 nitrogen and oxygen atoms in total. The summed E-state index contributed by atoms with van der Waals surface area (Å²) in [6.07, 6.45) is 3.80. The van der Waals surface area contributed by atoms with Crippen LogP contribution in [-0.4, -0.2) is 36.4 Å². The van der Waals surface area contributed by atoms with E-state index >= 15 is 0 Å². The van der Waals surface area contributed by atoms with Gasteiger partial charge in [0.15, 0.2) is 5.82 Å². The molecule has 1 saturated heterocycles. The first-order valence-electron chi connectivity index (χ1n) is 7.31. The van der Waals surface area contributed by atoms with Crippen LogP contribution in [0.25, 0.3) is 0 Å². The van der Waals surface area contributed by atoms with Crippen LogP contribution >= 0.6 is 0 Å². The molecule has 4 heteroatoms. The number of aromatic nitrogens is 2. The summed E-state index contributed by atoms with van der Waals surface area (Å²) in [5, 5.41) is 11.4. The van der Waals surface area contributed by atoms with Crippen molar-refractivity contribution in [1.82, 2.24) is 15.5 Å². The van der Waals surface area contributed by atoms with Crippen molar-refractivity contribution in [2.24, 2.45) is 0 Å². The third-order valence-electron chi connectivity index (χ3n) is 4.47. The van der Waals surface area contributed by atoms with Crippen molar-refractivity contribution in [3.05, 3.63) is 11.3 Å². The van der Waals surface area contributed by atoms with Gasteiger partial charge < -0.3 is 10.2 Å². The minimum atomic E-state index is 0.641. The Labute approximate surface area is 109 Å². The fraction of sp³-hybridized carbons (Fsp3) is 0.786. The minimum absolute atomic E-state index is 0.641. The standard InChI is InChI=1S/C14H24N4/c1-10-4-5-11(2)13-12(10)14(17-16-13)18-8-3-6-15-7-9-18/h10-11,15H,3-9H2,1-2H3,(H,16,17). The molecule has 1 fully saturated rings. The molecule has 2 atom stereocenters. The van der Waals surface area contributed by atoms with Crippen molar-refractivity contribution in [2.75, 3.05) is 31.1 Å². The molecule has 2 heterocycles. The third kappa shape index (κ3) is 2.03. The van der Waals surface area contributed by atoms with Crippen LogP contribution in [0.1, 0.15) is 56.2 Å². The van der Waals surface area contributed by atoms with Gasteiger partial charge in [-0.15, -0.1) is 0 Å². The SMILES string of the molecule is CC1CCC(C)c2c(N3CCCNCC3)n[nH]c21. The van der Waals surface area contributed by atoms with Crippen LogP contribution in [0.3, 0.4) is 0 Å². The van der Waals surface area contributed by atoms with Crippen LogP contribution in [0.5, 0.6) is 0 Å². The van der Waals surface area contributed by atoms with Gasteiger partial charge in [-0.3, -0.25) is 5.10 Å². The molecule has 0 spiro atoms. The van der Waals surface area contributed by atoms with Gasteiger partial charge in [-0.2, -0.15) is 5.10 Å². The number of hydrogen-bond donors (Lipinski definition) is 2. The maximum Gasteiger partial charge on any atom is 0.154 e. The normalized spacial score (nSPS) is 28.9. The first-order chi connectivity index (χ1) is 8.77. The fourth-order valence-corrected chi connectivity index (χ4v) is 3.30. The average molecular weight is 248 g/mol. The second kappa shape index (κ2) is 4.92. The van der Waals surface area contributed by atoms with Crippen molar-refractivity contribution in [3.8, 4) is 0 Å². The van der Waals surface area contributed by atoms with Crippen molar-refractivity contribution in [1.29, 1.82) is 0 Å². The first kappa shape index (κ1) is 12.0. The Bertz CT molecular complexity index is 404. The number of anilines is 1. The summed E-state index contributed by atoms with van der Waals surface area (Å²) in [5.74, 6) is 2.52. The molecule has 0 radical (unpaired) electrons. The first-order valence-corrected chi connectivity index (χ1v) is 7.31. The van der Waals surface area contributed by atoms with Gasteiger partial charge in [-0.25, -0.2) is 0 Å². The largest absolute Gasteiger partial charge is 0.354 e. The second-order valence-corrected chi connectivity index (χ2v) is 5.84. The van der Waals surface area contributed by atoms with E-state index in [0.717, 1.165) is 26.2 Å². The maximum atomic E-state index is 4.64. The highest BCUT2D eigenvalue weighted by Gasteiger charge is 2.29. The average Bonchev–Trinajstić information content (AvgIpc) is 2.65. The third-order valence-corrected chi connectivity index (χ3v) is 4.47. The molecule has 1 aromatic rings. The zero-order valence-corrected chi connectivity index (χ0v) is 11.5. The van der Waals surface area contributed by atoms with E-state index in [4.69, 9.17) is 0 Å². The molecule has 1 aliphatic heterocycles. The highest BCUT2D eigenvalue weighted by molar-refractivity contribution is 5.53. The minimum Gasteiger partial charge on any atom is -0.354 e. The van der Waals surface area contributed by atoms with Crippen LogP contribution in [0.15, 0.2) is 0 Å². The zero-order chi connectivity index (χ0) is 12.5. The van der Waals surface area contributed by atoms with Gasteiger partial charge in [0.25, 0.3) is 0 Å². The molecule has 3 rings (SSSR count). The van der Waals surface area contributed by atoms with E-state index in [2.05, 4.69) is 34.3 Å². The molecule has 0 amide bonds. The van der Waals surface area contributed by atoms with Crippen molar-refractivity contribution in [3.63, 3.8) is 0 Å². The van der Waals surface area contributed by atoms with Gasteiger partial charge in [0.1, 0.15) is 0 Å². The van der Waals surface area contributed by atoms with Gasteiger partial charge in [-0.05, 0) is 37.6 Å². The molecule has 0 aromatic carbocycles. The van der Waals surface area contributed by atoms with Crippen molar-refractivity contribution >= 4 is 5.82 Å². The van der Waals surface area contributed by atoms with Gasteiger partial charge in [-0.1, -0.05) is 13.8 Å². The van der Waals surface area contributed by atoms with Crippen LogP contribution in [0.2, 0.25) is 0 Å². The Balaban J connectivity index is 1.92. The van der Waals surface area contributed by atoms with Gasteiger partial charge in [0.05, 0.1) is 0 Å². The number of fused-ring (bicyclic) bond motifs is 1. The Morgan fingerprint density at radius 2 is 1.94 bits per heavy atom. The van der Waals surface area contributed by atoms with E-state index in [1.807, 2.05) is 0 Å². The summed E-state index contributed by atoms with van der Waals surface area (Å²) in [6, 6.07) is 0. The van der Waals surface area contributed by atoms with Gasteiger partial charge in [0, 0.05) is 30.9 Å². The summed E-state index contributed by atoms with van der Waals surface area (Å²) in [7, 11) is 0. The van der Waals surface area contributed by atoms with Crippen LogP contribution in [0, 0.1) is 0 Å². The highest BCUT2D eigenvalue weighted by Crippen LogP contribution is 2.41. The Kier molecular flexibility index (Phi) is 3.29. The Morgan fingerprint density at radius 3 is 2.83 bits per heavy atom. The summed E-state index contributed by atoms with van der Waals surface area (Å²) < 4.78 is 0. The summed E-state index contributed by atoms with van der Waals surface area (Å²) in [5.41, 5.74) is 2.89. The lowest BCUT2D eigenvalue weighted by atomic mass is 9.82. The molecule has 2 aliphatic rings. The molecule has 0 saturated carbocycles.